The zero-order valence-corrected chi connectivity index (χ0v) is 9.75. The van der Waals surface area contributed by atoms with Crippen molar-refractivity contribution < 1.29 is 0 Å². The summed E-state index contributed by atoms with van der Waals surface area (Å²) >= 11 is -0.215. The minimum absolute atomic E-state index is 0.215. The molecule has 50 valence electrons. The molecule has 0 unspecified atom stereocenters. The monoisotopic (exact) mass is 176 g/mol. The molecule has 0 aromatic rings. The van der Waals surface area contributed by atoms with E-state index >= 15 is 0 Å². The zero-order valence-electron chi connectivity index (χ0n) is 6.78. The molecule has 0 saturated heterocycles. The van der Waals surface area contributed by atoms with Gasteiger partial charge < -0.3 is 0 Å². The molecule has 0 bridgehead atoms. The summed E-state index contributed by atoms with van der Waals surface area (Å²) in [7, 11) is 0. The van der Waals surface area contributed by atoms with E-state index < -0.39 is 0 Å². The Labute approximate surface area is 59.5 Å². The van der Waals surface area contributed by atoms with Gasteiger partial charge >= 0.3 is 59.0 Å². The van der Waals surface area contributed by atoms with E-state index in [0.717, 1.165) is 4.75 Å². The Bertz CT molecular complexity index is 59.3. The predicted molar refractivity (Wildman–Crippen MR) is 43.4 cm³/mol. The van der Waals surface area contributed by atoms with Crippen LogP contribution in [0.15, 0.2) is 0 Å². The molecule has 0 aromatic heterocycles. The van der Waals surface area contributed by atoms with Gasteiger partial charge in [-0.05, 0) is 0 Å². The van der Waals surface area contributed by atoms with Gasteiger partial charge in [0, 0.05) is 0 Å². The molecule has 0 heterocycles. The molecule has 0 N–H and O–H groups in total. The van der Waals surface area contributed by atoms with Gasteiger partial charge in [-0.15, -0.1) is 0 Å². The molecule has 0 amide bonds. The van der Waals surface area contributed by atoms with E-state index in [1.165, 1.54) is 0 Å². The number of rotatable bonds is 1. The molecule has 0 rings (SSSR count). The molecule has 0 saturated carbocycles. The van der Waals surface area contributed by atoms with Gasteiger partial charge in [-0.2, -0.15) is 0 Å². The number of hydrogen-bond acceptors (Lipinski definition) is 0. The van der Waals surface area contributed by atoms with Crippen molar-refractivity contribution >= 4 is 15.4 Å². The molecule has 0 atom stereocenters. The maximum atomic E-state index is 2.37. The molecule has 0 radical (unpaired) electrons. The molecule has 0 aliphatic heterocycles. The van der Waals surface area contributed by atoms with Crippen molar-refractivity contribution in [3.8, 4) is 0 Å². The molecule has 0 fully saturated rings. The zero-order chi connectivity index (χ0) is 6.78. The van der Waals surface area contributed by atoms with Crippen molar-refractivity contribution in [3.63, 3.8) is 0 Å². The average molecular weight is 175 g/mol. The van der Waals surface area contributed by atoms with Gasteiger partial charge in [-0.3, -0.25) is 0 Å². The van der Waals surface area contributed by atoms with Gasteiger partial charge in [0.15, 0.2) is 0 Å². The van der Waals surface area contributed by atoms with Crippen LogP contribution in [0.25, 0.3) is 0 Å². The molecule has 0 nitrogen and oxygen atoms in total. The molecule has 0 spiro atoms. The van der Waals surface area contributed by atoms with E-state index in [0.29, 0.717) is 4.25 Å². The average Bonchev–Trinajstić information content (AvgIpc) is 1.21. The third-order valence-corrected chi connectivity index (χ3v) is 5.30. The molecule has 0 aromatic carbocycles. The van der Waals surface area contributed by atoms with E-state index in [-0.39, 0.29) is 15.4 Å². The van der Waals surface area contributed by atoms with Gasteiger partial charge in [0.25, 0.3) is 0 Å². The quantitative estimate of drug-likeness (QED) is 0.535. The predicted octanol–water partition coefficient (Wildman–Crippen LogP) is 2.20. The molecular formula is C7H18Ge. The van der Waals surface area contributed by atoms with Crippen molar-refractivity contribution in [1.82, 2.24) is 0 Å². The first-order valence-electron chi connectivity index (χ1n) is 3.42. The molecule has 8 heavy (non-hydrogen) atoms. The Balaban J connectivity index is 3.39. The van der Waals surface area contributed by atoms with Gasteiger partial charge in [0.05, 0.1) is 0 Å². The summed E-state index contributed by atoms with van der Waals surface area (Å²) in [5.41, 5.74) is 0. The minimum atomic E-state index is -0.215. The van der Waals surface area contributed by atoms with Crippen molar-refractivity contribution in [3.05, 3.63) is 0 Å². The van der Waals surface area contributed by atoms with Crippen LogP contribution in [0.5, 0.6) is 0 Å². The summed E-state index contributed by atoms with van der Waals surface area (Å²) in [6, 6.07) is 0. The van der Waals surface area contributed by atoms with Crippen molar-refractivity contribution in [1.29, 1.82) is 0 Å². The summed E-state index contributed by atoms with van der Waals surface area (Å²) in [6.07, 6.45) is 0. The van der Waals surface area contributed by atoms with Crippen LogP contribution in [-0.4, -0.2) is 15.4 Å². The van der Waals surface area contributed by atoms with E-state index in [9.17, 15) is 0 Å². The molecule has 0 aliphatic rings. The van der Waals surface area contributed by atoms with Gasteiger partial charge in [0.2, 0.25) is 0 Å². The third-order valence-electron chi connectivity index (χ3n) is 1.02. The Kier molecular flexibility index (Phi) is 3.10. The van der Waals surface area contributed by atoms with Gasteiger partial charge in [-0.25, -0.2) is 0 Å². The topological polar surface area (TPSA) is 0 Å². The fraction of sp³-hybridized carbons (Fsp3) is 1.00. The Morgan fingerprint density at radius 2 is 1.50 bits per heavy atom. The van der Waals surface area contributed by atoms with Crippen molar-refractivity contribution in [2.24, 2.45) is 0 Å². The van der Waals surface area contributed by atoms with Crippen LogP contribution in [0, 0.1) is 0 Å². The fourth-order valence-electron chi connectivity index (χ4n) is 1.22. The summed E-state index contributed by atoms with van der Waals surface area (Å²) in [4.78, 5) is 0. The molecule has 1 heteroatoms. The Hall–Kier alpha value is 0.543. The maximum absolute atomic E-state index is 2.37. The molecular weight excluding hydrogens is 157 g/mol. The third kappa shape index (κ3) is 6.54. The Morgan fingerprint density at radius 1 is 1.12 bits per heavy atom. The van der Waals surface area contributed by atoms with E-state index in [1.807, 2.05) is 0 Å². The second kappa shape index (κ2) is 2.91. The summed E-state index contributed by atoms with van der Waals surface area (Å²) in [6.45, 7) is 11.8. The van der Waals surface area contributed by atoms with Crippen LogP contribution in [-0.2, 0) is 0 Å². The first-order chi connectivity index (χ1) is 3.42. The van der Waals surface area contributed by atoms with Crippen LogP contribution < -0.4 is 0 Å². The van der Waals surface area contributed by atoms with Crippen molar-refractivity contribution in [2.45, 2.75) is 43.6 Å². The van der Waals surface area contributed by atoms with Crippen LogP contribution in [0.3, 0.4) is 0 Å². The fourth-order valence-corrected chi connectivity index (χ4v) is 6.36. The molecule has 0 aliphatic carbocycles. The van der Waals surface area contributed by atoms with E-state index in [2.05, 4.69) is 34.6 Å². The standard InChI is InChI=1S/C7H18Ge/c1-6(2)8-7(3,4)5/h6H,8H2,1-5H3. The van der Waals surface area contributed by atoms with E-state index in [4.69, 9.17) is 0 Å². The van der Waals surface area contributed by atoms with Crippen molar-refractivity contribution in [2.75, 3.05) is 0 Å². The van der Waals surface area contributed by atoms with Crippen LogP contribution >= 0.6 is 0 Å². The van der Waals surface area contributed by atoms with Gasteiger partial charge in [0.1, 0.15) is 0 Å². The second-order valence-electron chi connectivity index (χ2n) is 4.16. The SMILES string of the molecule is C[CH](C)[GeH2][C](C)(C)C. The normalized spacial score (nSPS) is 14.2. The summed E-state index contributed by atoms with van der Waals surface area (Å²) < 4.78 is 1.74. The van der Waals surface area contributed by atoms with Crippen LogP contribution in [0.2, 0.25) is 9.00 Å². The van der Waals surface area contributed by atoms with Crippen LogP contribution in [0.1, 0.15) is 34.6 Å². The Morgan fingerprint density at radius 3 is 1.50 bits per heavy atom. The van der Waals surface area contributed by atoms with Crippen LogP contribution in [0.4, 0.5) is 0 Å². The first-order valence-corrected chi connectivity index (χ1v) is 6.61. The summed E-state index contributed by atoms with van der Waals surface area (Å²) in [5, 5.41) is 0. The summed E-state index contributed by atoms with van der Waals surface area (Å²) in [5.74, 6) is 0. The first kappa shape index (κ1) is 8.54. The second-order valence-corrected chi connectivity index (χ2v) is 12.9. The van der Waals surface area contributed by atoms with E-state index in [1.54, 1.807) is 0 Å². The number of hydrogen-bond donors (Lipinski definition) is 0. The van der Waals surface area contributed by atoms with Gasteiger partial charge in [-0.1, -0.05) is 0 Å².